The summed E-state index contributed by atoms with van der Waals surface area (Å²) in [6.07, 6.45) is 4.94. The molecule has 16 heavy (non-hydrogen) atoms. The van der Waals surface area contributed by atoms with Crippen LogP contribution >= 0.6 is 0 Å². The zero-order valence-electron chi connectivity index (χ0n) is 9.73. The number of aliphatic hydroxyl groups is 1. The van der Waals surface area contributed by atoms with Crippen LogP contribution in [-0.2, 0) is 0 Å². The van der Waals surface area contributed by atoms with E-state index in [2.05, 4.69) is 16.8 Å². The molecular weight excluding hydrogens is 202 g/mol. The van der Waals surface area contributed by atoms with Crippen LogP contribution in [0.1, 0.15) is 32.3 Å². The predicted octanol–water partition coefficient (Wildman–Crippen LogP) is 1.99. The van der Waals surface area contributed by atoms with Crippen molar-refractivity contribution in [1.82, 2.24) is 4.98 Å². The van der Waals surface area contributed by atoms with Crippen LogP contribution in [0.15, 0.2) is 18.5 Å². The second-order valence-electron chi connectivity index (χ2n) is 3.70. The minimum Gasteiger partial charge on any atom is -0.489 e. The van der Waals surface area contributed by atoms with Crippen molar-refractivity contribution in [2.75, 3.05) is 6.61 Å². The first-order valence-corrected chi connectivity index (χ1v) is 5.44. The van der Waals surface area contributed by atoms with Crippen molar-refractivity contribution in [3.63, 3.8) is 0 Å². The number of pyridine rings is 1. The van der Waals surface area contributed by atoms with Gasteiger partial charge in [0.1, 0.15) is 5.75 Å². The van der Waals surface area contributed by atoms with Crippen molar-refractivity contribution in [3.05, 3.63) is 24.0 Å². The van der Waals surface area contributed by atoms with Crippen LogP contribution < -0.4 is 4.74 Å². The first kappa shape index (κ1) is 12.5. The van der Waals surface area contributed by atoms with Gasteiger partial charge in [-0.1, -0.05) is 11.8 Å². The summed E-state index contributed by atoms with van der Waals surface area (Å²) >= 11 is 0. The van der Waals surface area contributed by atoms with Crippen LogP contribution in [0.4, 0.5) is 0 Å². The van der Waals surface area contributed by atoms with Crippen LogP contribution in [0, 0.1) is 11.8 Å². The van der Waals surface area contributed by atoms with Gasteiger partial charge in [0.2, 0.25) is 0 Å². The van der Waals surface area contributed by atoms with Gasteiger partial charge in [0.05, 0.1) is 12.3 Å². The Bertz CT molecular complexity index is 377. The van der Waals surface area contributed by atoms with Gasteiger partial charge in [-0.3, -0.25) is 4.98 Å². The molecule has 0 aliphatic carbocycles. The first-order chi connectivity index (χ1) is 7.72. The molecule has 0 aliphatic rings. The summed E-state index contributed by atoms with van der Waals surface area (Å²) in [7, 11) is 0. The van der Waals surface area contributed by atoms with Crippen LogP contribution in [0.5, 0.6) is 5.75 Å². The quantitative estimate of drug-likeness (QED) is 0.622. The average molecular weight is 219 g/mol. The van der Waals surface area contributed by atoms with Gasteiger partial charge in [-0.2, -0.15) is 0 Å². The standard InChI is InChI=1S/C13H17NO2/c1-11(2)16-13-8-12(9-14-10-13)6-4-3-5-7-15/h8-11,15H,3,5,7H2,1-2H3. The Kier molecular flexibility index (Phi) is 5.38. The molecule has 1 aromatic heterocycles. The largest absolute Gasteiger partial charge is 0.489 e. The minimum absolute atomic E-state index is 0.138. The highest BCUT2D eigenvalue weighted by Gasteiger charge is 1.98. The zero-order chi connectivity index (χ0) is 11.8. The lowest BCUT2D eigenvalue weighted by molar-refractivity contribution is 0.241. The monoisotopic (exact) mass is 219 g/mol. The zero-order valence-corrected chi connectivity index (χ0v) is 9.73. The number of rotatable bonds is 4. The van der Waals surface area contributed by atoms with E-state index >= 15 is 0 Å². The third-order valence-corrected chi connectivity index (χ3v) is 1.78. The third-order valence-electron chi connectivity index (χ3n) is 1.78. The van der Waals surface area contributed by atoms with E-state index < -0.39 is 0 Å². The second kappa shape index (κ2) is 6.86. The summed E-state index contributed by atoms with van der Waals surface area (Å²) < 4.78 is 5.51. The molecule has 0 saturated carbocycles. The molecule has 0 unspecified atom stereocenters. The molecule has 1 rings (SSSR count). The number of aliphatic hydroxyl groups excluding tert-OH is 1. The molecule has 1 aromatic rings. The van der Waals surface area contributed by atoms with Crippen molar-refractivity contribution in [2.24, 2.45) is 0 Å². The number of hydrogen-bond acceptors (Lipinski definition) is 3. The molecule has 86 valence electrons. The lowest BCUT2D eigenvalue weighted by Gasteiger charge is -2.08. The number of hydrogen-bond donors (Lipinski definition) is 1. The van der Waals surface area contributed by atoms with E-state index in [9.17, 15) is 0 Å². The van der Waals surface area contributed by atoms with Crippen molar-refractivity contribution in [1.29, 1.82) is 0 Å². The summed E-state index contributed by atoms with van der Waals surface area (Å²) in [5.41, 5.74) is 0.844. The van der Waals surface area contributed by atoms with Gasteiger partial charge in [0.15, 0.2) is 0 Å². The third kappa shape index (κ3) is 4.81. The fourth-order valence-corrected chi connectivity index (χ4v) is 1.16. The maximum Gasteiger partial charge on any atom is 0.139 e. The van der Waals surface area contributed by atoms with Crippen molar-refractivity contribution in [2.45, 2.75) is 32.8 Å². The number of nitrogens with zero attached hydrogens (tertiary/aromatic N) is 1. The van der Waals surface area contributed by atoms with E-state index in [0.29, 0.717) is 12.8 Å². The minimum atomic E-state index is 0.138. The van der Waals surface area contributed by atoms with Crippen molar-refractivity contribution in [3.8, 4) is 17.6 Å². The molecule has 0 amide bonds. The molecule has 3 nitrogen and oxygen atoms in total. The maximum atomic E-state index is 8.61. The van der Waals surface area contributed by atoms with Gasteiger partial charge in [-0.15, -0.1) is 0 Å². The average Bonchev–Trinajstić information content (AvgIpc) is 2.24. The molecule has 0 saturated heterocycles. The topological polar surface area (TPSA) is 42.4 Å². The van der Waals surface area contributed by atoms with E-state index in [1.807, 2.05) is 19.9 Å². The van der Waals surface area contributed by atoms with Crippen molar-refractivity contribution < 1.29 is 9.84 Å². The highest BCUT2D eigenvalue weighted by atomic mass is 16.5. The number of unbranched alkanes of at least 4 members (excludes halogenated alkanes) is 1. The van der Waals surface area contributed by atoms with Gasteiger partial charge in [0.25, 0.3) is 0 Å². The maximum absolute atomic E-state index is 8.61. The van der Waals surface area contributed by atoms with Gasteiger partial charge >= 0.3 is 0 Å². The van der Waals surface area contributed by atoms with Crippen LogP contribution in [0.25, 0.3) is 0 Å². The summed E-state index contributed by atoms with van der Waals surface area (Å²) in [5.74, 6) is 6.71. The van der Waals surface area contributed by atoms with Gasteiger partial charge < -0.3 is 9.84 Å². The van der Waals surface area contributed by atoms with E-state index in [0.717, 1.165) is 11.3 Å². The molecule has 0 bridgehead atoms. The Balaban J connectivity index is 2.62. The van der Waals surface area contributed by atoms with E-state index in [4.69, 9.17) is 9.84 Å². The smallest absolute Gasteiger partial charge is 0.139 e. The normalized spacial score (nSPS) is 9.75. The van der Waals surface area contributed by atoms with Gasteiger partial charge in [0, 0.05) is 24.8 Å². The highest BCUT2D eigenvalue weighted by Crippen LogP contribution is 2.12. The molecule has 0 aliphatic heterocycles. The fraction of sp³-hybridized carbons (Fsp3) is 0.462. The highest BCUT2D eigenvalue weighted by molar-refractivity contribution is 5.36. The Morgan fingerprint density at radius 2 is 2.25 bits per heavy atom. The van der Waals surface area contributed by atoms with E-state index in [1.54, 1.807) is 12.4 Å². The fourth-order valence-electron chi connectivity index (χ4n) is 1.16. The molecule has 0 aromatic carbocycles. The summed E-state index contributed by atoms with van der Waals surface area (Å²) in [6.45, 7) is 4.13. The lowest BCUT2D eigenvalue weighted by atomic mass is 10.2. The van der Waals surface area contributed by atoms with Gasteiger partial charge in [-0.25, -0.2) is 0 Å². The molecule has 1 heterocycles. The predicted molar refractivity (Wildman–Crippen MR) is 63.2 cm³/mol. The van der Waals surface area contributed by atoms with Gasteiger partial charge in [-0.05, 0) is 26.3 Å². The molecular formula is C13H17NO2. The Morgan fingerprint density at radius 1 is 1.44 bits per heavy atom. The van der Waals surface area contributed by atoms with Crippen LogP contribution in [0.3, 0.4) is 0 Å². The lowest BCUT2D eigenvalue weighted by Crippen LogP contribution is -2.05. The Labute approximate surface area is 96.5 Å². The van der Waals surface area contributed by atoms with E-state index in [-0.39, 0.29) is 12.7 Å². The molecule has 3 heteroatoms. The molecule has 0 atom stereocenters. The number of aromatic nitrogens is 1. The summed E-state index contributed by atoms with van der Waals surface area (Å²) in [4.78, 5) is 4.06. The first-order valence-electron chi connectivity index (χ1n) is 5.44. The SMILES string of the molecule is CC(C)Oc1cncc(C#CCCCO)c1. The van der Waals surface area contributed by atoms with Crippen LogP contribution in [0.2, 0.25) is 0 Å². The van der Waals surface area contributed by atoms with Crippen molar-refractivity contribution >= 4 is 0 Å². The summed E-state index contributed by atoms with van der Waals surface area (Å²) in [5, 5.41) is 8.61. The number of ether oxygens (including phenoxy) is 1. The Morgan fingerprint density at radius 3 is 2.94 bits per heavy atom. The van der Waals surface area contributed by atoms with Crippen LogP contribution in [-0.4, -0.2) is 22.8 Å². The second-order valence-corrected chi connectivity index (χ2v) is 3.70. The molecule has 1 N–H and O–H groups in total. The molecule has 0 radical (unpaired) electrons. The summed E-state index contributed by atoms with van der Waals surface area (Å²) in [6, 6.07) is 1.87. The Hall–Kier alpha value is -1.53. The molecule has 0 fully saturated rings. The molecule has 0 spiro atoms. The van der Waals surface area contributed by atoms with E-state index in [1.165, 1.54) is 0 Å².